The van der Waals surface area contributed by atoms with Crippen molar-refractivity contribution in [3.63, 3.8) is 0 Å². The van der Waals surface area contributed by atoms with Crippen molar-refractivity contribution >= 4 is 33.1 Å². The van der Waals surface area contributed by atoms with Crippen molar-refractivity contribution in [1.82, 2.24) is 9.55 Å². The number of hydrogen-bond acceptors (Lipinski definition) is 4. The van der Waals surface area contributed by atoms with Crippen molar-refractivity contribution in [3.05, 3.63) is 56.4 Å². The van der Waals surface area contributed by atoms with E-state index in [1.54, 1.807) is 17.7 Å². The first-order chi connectivity index (χ1) is 13.5. The molecule has 3 aromatic rings. The molecule has 1 unspecified atom stereocenters. The molecule has 146 valence electrons. The largest absolute Gasteiger partial charge is 0.324 e. The van der Waals surface area contributed by atoms with E-state index in [0.29, 0.717) is 6.42 Å². The highest BCUT2D eigenvalue weighted by molar-refractivity contribution is 7.18. The zero-order valence-corrected chi connectivity index (χ0v) is 17.4. The van der Waals surface area contributed by atoms with Gasteiger partial charge in [-0.15, -0.1) is 11.3 Å². The van der Waals surface area contributed by atoms with E-state index >= 15 is 0 Å². The Labute approximate surface area is 168 Å². The maximum absolute atomic E-state index is 13.3. The average molecular weight is 396 g/mol. The minimum atomic E-state index is -0.581. The number of fused-ring (bicyclic) bond motifs is 3. The van der Waals surface area contributed by atoms with E-state index in [4.69, 9.17) is 0 Å². The molecular weight excluding hydrogens is 370 g/mol. The summed E-state index contributed by atoms with van der Waals surface area (Å²) in [5.41, 5.74) is 3.91. The van der Waals surface area contributed by atoms with Crippen LogP contribution in [0.3, 0.4) is 0 Å². The number of aromatic nitrogens is 2. The van der Waals surface area contributed by atoms with Gasteiger partial charge in [-0.1, -0.05) is 25.1 Å². The van der Waals surface area contributed by atoms with Crippen LogP contribution in [0.5, 0.6) is 0 Å². The summed E-state index contributed by atoms with van der Waals surface area (Å²) in [4.78, 5) is 33.0. The zero-order chi connectivity index (χ0) is 19.8. The second-order valence-electron chi connectivity index (χ2n) is 7.53. The monoisotopic (exact) mass is 395 g/mol. The summed E-state index contributed by atoms with van der Waals surface area (Å²) in [5, 5.41) is 3.76. The van der Waals surface area contributed by atoms with Gasteiger partial charge in [0, 0.05) is 10.6 Å². The van der Waals surface area contributed by atoms with Gasteiger partial charge in [-0.25, -0.2) is 4.98 Å². The highest BCUT2D eigenvalue weighted by Crippen LogP contribution is 2.33. The molecule has 2 aromatic heterocycles. The third-order valence-corrected chi connectivity index (χ3v) is 6.85. The predicted molar refractivity (Wildman–Crippen MR) is 114 cm³/mol. The summed E-state index contributed by atoms with van der Waals surface area (Å²) >= 11 is 1.63. The lowest BCUT2D eigenvalue weighted by molar-refractivity contribution is -0.119. The molecule has 2 heterocycles. The number of anilines is 1. The normalized spacial score (nSPS) is 14.7. The first kappa shape index (κ1) is 18.9. The standard InChI is InChI=1S/C22H25N3O2S/c1-4-16(20(26)24-19-13(2)8-7-9-14(19)3)25-12-23-21-18(22(25)27)15-10-5-6-11-17(15)28-21/h7-9,12,16H,4-6,10-11H2,1-3H3,(H,24,26). The molecular formula is C22H25N3O2S. The Morgan fingerprint density at radius 3 is 2.68 bits per heavy atom. The molecule has 0 radical (unpaired) electrons. The maximum atomic E-state index is 13.3. The van der Waals surface area contributed by atoms with E-state index in [1.165, 1.54) is 15.9 Å². The first-order valence-corrected chi connectivity index (χ1v) is 10.7. The number of carbonyl (C=O) groups excluding carboxylic acids is 1. The van der Waals surface area contributed by atoms with Crippen LogP contribution in [0.1, 0.15) is 53.8 Å². The van der Waals surface area contributed by atoms with E-state index in [-0.39, 0.29) is 11.5 Å². The number of aryl methyl sites for hydroxylation is 4. The van der Waals surface area contributed by atoms with Gasteiger partial charge in [-0.05, 0) is 62.6 Å². The Morgan fingerprint density at radius 1 is 1.25 bits per heavy atom. The smallest absolute Gasteiger partial charge is 0.263 e. The molecule has 0 fully saturated rings. The SMILES string of the molecule is CCC(C(=O)Nc1c(C)cccc1C)n1cnc2sc3c(c2c1=O)CCCC3. The lowest BCUT2D eigenvalue weighted by Crippen LogP contribution is -2.33. The Bertz CT molecular complexity index is 1090. The predicted octanol–water partition coefficient (Wildman–Crippen LogP) is 4.54. The lowest BCUT2D eigenvalue weighted by atomic mass is 9.97. The van der Waals surface area contributed by atoms with Gasteiger partial charge >= 0.3 is 0 Å². The highest BCUT2D eigenvalue weighted by atomic mass is 32.1. The Morgan fingerprint density at radius 2 is 1.96 bits per heavy atom. The van der Waals surface area contributed by atoms with Gasteiger partial charge in [0.2, 0.25) is 5.91 Å². The molecule has 0 aliphatic heterocycles. The van der Waals surface area contributed by atoms with E-state index in [1.807, 2.05) is 39.0 Å². The van der Waals surface area contributed by atoms with E-state index in [9.17, 15) is 9.59 Å². The van der Waals surface area contributed by atoms with Crippen molar-refractivity contribution in [1.29, 1.82) is 0 Å². The number of thiophene rings is 1. The summed E-state index contributed by atoms with van der Waals surface area (Å²) in [6.45, 7) is 5.87. The molecule has 1 amide bonds. The first-order valence-electron chi connectivity index (χ1n) is 9.89. The van der Waals surface area contributed by atoms with Crippen LogP contribution in [-0.4, -0.2) is 15.5 Å². The highest BCUT2D eigenvalue weighted by Gasteiger charge is 2.25. The summed E-state index contributed by atoms with van der Waals surface area (Å²) in [6.07, 6.45) is 6.31. The van der Waals surface area contributed by atoms with Gasteiger partial charge in [0.25, 0.3) is 5.56 Å². The molecule has 1 aliphatic carbocycles. The van der Waals surface area contributed by atoms with Gasteiger partial charge in [0.15, 0.2) is 0 Å². The lowest BCUT2D eigenvalue weighted by Gasteiger charge is -2.19. The third-order valence-electron chi connectivity index (χ3n) is 5.65. The number of carbonyl (C=O) groups is 1. The summed E-state index contributed by atoms with van der Waals surface area (Å²) in [5.74, 6) is -0.174. The van der Waals surface area contributed by atoms with Crippen LogP contribution in [0, 0.1) is 13.8 Å². The number of hydrogen-bond donors (Lipinski definition) is 1. The summed E-state index contributed by atoms with van der Waals surface area (Å²) in [6, 6.07) is 5.34. The van der Waals surface area contributed by atoms with Gasteiger partial charge in [0.05, 0.1) is 11.7 Å². The zero-order valence-electron chi connectivity index (χ0n) is 16.5. The number of rotatable bonds is 4. The Balaban J connectivity index is 1.74. The van der Waals surface area contributed by atoms with Crippen LogP contribution in [0.4, 0.5) is 5.69 Å². The second-order valence-corrected chi connectivity index (χ2v) is 8.61. The Hall–Kier alpha value is -2.47. The van der Waals surface area contributed by atoms with Gasteiger partial charge in [-0.3, -0.25) is 14.2 Å². The third kappa shape index (κ3) is 3.15. The van der Waals surface area contributed by atoms with Gasteiger partial charge in [0.1, 0.15) is 10.9 Å². The molecule has 6 heteroatoms. The van der Waals surface area contributed by atoms with Crippen LogP contribution in [-0.2, 0) is 17.6 Å². The number of benzene rings is 1. The number of nitrogens with zero attached hydrogens (tertiary/aromatic N) is 2. The fraction of sp³-hybridized carbons (Fsp3) is 0.409. The van der Waals surface area contributed by atoms with Crippen LogP contribution in [0.2, 0.25) is 0 Å². The van der Waals surface area contributed by atoms with Gasteiger partial charge < -0.3 is 5.32 Å². The van der Waals surface area contributed by atoms with Crippen molar-refractivity contribution < 1.29 is 4.79 Å². The Kier molecular flexibility index (Phi) is 5.06. The second kappa shape index (κ2) is 7.51. The van der Waals surface area contributed by atoms with Crippen molar-refractivity contribution in [2.75, 3.05) is 5.32 Å². The fourth-order valence-corrected chi connectivity index (χ4v) is 5.33. The van der Waals surface area contributed by atoms with Crippen LogP contribution in [0.25, 0.3) is 10.2 Å². The summed E-state index contributed by atoms with van der Waals surface area (Å²) in [7, 11) is 0. The van der Waals surface area contributed by atoms with Crippen molar-refractivity contribution in [3.8, 4) is 0 Å². The van der Waals surface area contributed by atoms with E-state index < -0.39 is 6.04 Å². The minimum Gasteiger partial charge on any atom is -0.324 e. The molecule has 0 bridgehead atoms. The molecule has 0 spiro atoms. The molecule has 1 aliphatic rings. The fourth-order valence-electron chi connectivity index (χ4n) is 4.11. The molecule has 0 saturated heterocycles. The molecule has 4 rings (SSSR count). The maximum Gasteiger partial charge on any atom is 0.263 e. The molecule has 1 aromatic carbocycles. The molecule has 0 saturated carbocycles. The number of amides is 1. The van der Waals surface area contributed by atoms with Crippen molar-refractivity contribution in [2.24, 2.45) is 0 Å². The van der Waals surface area contributed by atoms with E-state index in [2.05, 4.69) is 10.3 Å². The molecule has 1 N–H and O–H groups in total. The molecule has 28 heavy (non-hydrogen) atoms. The molecule has 1 atom stereocenters. The number of nitrogens with one attached hydrogen (secondary N) is 1. The minimum absolute atomic E-state index is 0.0899. The van der Waals surface area contributed by atoms with Crippen LogP contribution >= 0.6 is 11.3 Å². The van der Waals surface area contributed by atoms with Crippen molar-refractivity contribution in [2.45, 2.75) is 58.9 Å². The quantitative estimate of drug-likeness (QED) is 0.705. The average Bonchev–Trinajstić information content (AvgIpc) is 3.06. The van der Waals surface area contributed by atoms with Crippen LogP contribution < -0.4 is 10.9 Å². The summed E-state index contributed by atoms with van der Waals surface area (Å²) < 4.78 is 1.52. The number of para-hydroxylation sites is 1. The topological polar surface area (TPSA) is 64.0 Å². The van der Waals surface area contributed by atoms with E-state index in [0.717, 1.165) is 51.9 Å². The molecule has 5 nitrogen and oxygen atoms in total. The van der Waals surface area contributed by atoms with Crippen LogP contribution in [0.15, 0.2) is 29.3 Å². The van der Waals surface area contributed by atoms with Gasteiger partial charge in [-0.2, -0.15) is 0 Å².